The van der Waals surface area contributed by atoms with Crippen molar-refractivity contribution in [3.05, 3.63) is 24.3 Å². The third-order valence-electron chi connectivity index (χ3n) is 3.14. The molecule has 0 aliphatic carbocycles. The van der Waals surface area contributed by atoms with Gasteiger partial charge in [0.05, 0.1) is 16.5 Å². The van der Waals surface area contributed by atoms with Crippen molar-refractivity contribution >= 4 is 15.7 Å². The average Bonchev–Trinajstić information content (AvgIpc) is 2.28. The Morgan fingerprint density at radius 3 is 2.05 bits per heavy atom. The maximum atomic E-state index is 11.9. The molecule has 0 heterocycles. The van der Waals surface area contributed by atoms with Gasteiger partial charge in [0.15, 0.2) is 0 Å². The summed E-state index contributed by atoms with van der Waals surface area (Å²) < 4.78 is 25.0. The van der Waals surface area contributed by atoms with E-state index in [4.69, 9.17) is 0 Å². The van der Waals surface area contributed by atoms with Crippen LogP contribution in [0.15, 0.2) is 29.2 Å². The number of anilines is 1. The quantitative estimate of drug-likeness (QED) is 0.861. The molecule has 0 saturated heterocycles. The lowest BCUT2D eigenvalue weighted by atomic mass is 9.98. The number of aliphatic hydroxyl groups is 1. The van der Waals surface area contributed by atoms with Gasteiger partial charge in [-0.15, -0.1) is 0 Å². The highest BCUT2D eigenvalue weighted by atomic mass is 32.2. The topological polar surface area (TPSA) is 69.6 Å². The summed E-state index contributed by atoms with van der Waals surface area (Å²) in [5.74, 6) is 0. The largest absolute Gasteiger partial charge is 0.391 e. The van der Waals surface area contributed by atoms with E-state index in [0.717, 1.165) is 5.69 Å². The first-order chi connectivity index (χ1) is 8.57. The van der Waals surface area contributed by atoms with E-state index < -0.39 is 21.7 Å². The fourth-order valence-electron chi connectivity index (χ4n) is 1.40. The Hall–Kier alpha value is -1.11. The summed E-state index contributed by atoms with van der Waals surface area (Å²) in [7, 11) is -0.401. The molecule has 0 saturated carbocycles. The molecule has 19 heavy (non-hydrogen) atoms. The molecular weight excluding hydrogens is 264 g/mol. The molecule has 0 aliphatic heterocycles. The number of hydrogen-bond donors (Lipinski definition) is 2. The molecule has 1 aromatic rings. The molecule has 0 bridgehead atoms. The number of sulfonamides is 1. The van der Waals surface area contributed by atoms with Crippen LogP contribution in [0.3, 0.4) is 0 Å². The standard InChI is InChI=1S/C13H22N2O3S/c1-10(16)13(2,3)14-11-6-8-12(9-7-11)19(17,18)15(4)5/h6-10,14,16H,1-5H3. The van der Waals surface area contributed by atoms with Crippen LogP contribution in [0.4, 0.5) is 5.69 Å². The first-order valence-corrected chi connectivity index (χ1v) is 7.50. The van der Waals surface area contributed by atoms with Crippen LogP contribution in [0.5, 0.6) is 0 Å². The average molecular weight is 286 g/mol. The second-order valence-corrected chi connectivity index (χ2v) is 7.49. The number of hydrogen-bond acceptors (Lipinski definition) is 4. The minimum atomic E-state index is -3.40. The molecule has 108 valence electrons. The van der Waals surface area contributed by atoms with Crippen LogP contribution in [0.2, 0.25) is 0 Å². The highest BCUT2D eigenvalue weighted by molar-refractivity contribution is 7.89. The highest BCUT2D eigenvalue weighted by Gasteiger charge is 2.24. The molecule has 1 rings (SSSR count). The molecule has 5 nitrogen and oxygen atoms in total. The fourth-order valence-corrected chi connectivity index (χ4v) is 2.30. The molecule has 1 aromatic carbocycles. The first-order valence-electron chi connectivity index (χ1n) is 6.06. The molecule has 0 radical (unpaired) electrons. The van der Waals surface area contributed by atoms with Crippen LogP contribution in [-0.2, 0) is 10.0 Å². The van der Waals surface area contributed by atoms with E-state index >= 15 is 0 Å². The van der Waals surface area contributed by atoms with Crippen LogP contribution >= 0.6 is 0 Å². The van der Waals surface area contributed by atoms with Gasteiger partial charge in [-0.1, -0.05) is 0 Å². The monoisotopic (exact) mass is 286 g/mol. The zero-order valence-corrected chi connectivity index (χ0v) is 12.8. The van der Waals surface area contributed by atoms with Gasteiger partial charge in [0.1, 0.15) is 0 Å². The van der Waals surface area contributed by atoms with Crippen molar-refractivity contribution in [3.63, 3.8) is 0 Å². The smallest absolute Gasteiger partial charge is 0.242 e. The van der Waals surface area contributed by atoms with E-state index in [0.29, 0.717) is 0 Å². The summed E-state index contributed by atoms with van der Waals surface area (Å²) in [4.78, 5) is 0.248. The second-order valence-electron chi connectivity index (χ2n) is 5.33. The minimum Gasteiger partial charge on any atom is -0.391 e. The van der Waals surface area contributed by atoms with Crippen molar-refractivity contribution in [2.75, 3.05) is 19.4 Å². The zero-order chi connectivity index (χ0) is 14.8. The molecule has 0 amide bonds. The Balaban J connectivity index is 2.96. The second kappa shape index (κ2) is 5.48. The number of benzene rings is 1. The summed E-state index contributed by atoms with van der Waals surface area (Å²) in [6.07, 6.45) is -0.530. The molecule has 0 aliphatic rings. The van der Waals surface area contributed by atoms with Gasteiger partial charge in [0.25, 0.3) is 0 Å². The van der Waals surface area contributed by atoms with E-state index in [9.17, 15) is 13.5 Å². The van der Waals surface area contributed by atoms with Crippen molar-refractivity contribution in [1.82, 2.24) is 4.31 Å². The lowest BCUT2D eigenvalue weighted by molar-refractivity contribution is 0.133. The van der Waals surface area contributed by atoms with Crippen molar-refractivity contribution in [1.29, 1.82) is 0 Å². The maximum Gasteiger partial charge on any atom is 0.242 e. The molecule has 0 fully saturated rings. The number of aliphatic hydroxyl groups excluding tert-OH is 1. The summed E-state index contributed by atoms with van der Waals surface area (Å²) in [6, 6.07) is 6.49. The lowest BCUT2D eigenvalue weighted by Crippen LogP contribution is -2.41. The predicted octanol–water partition coefficient (Wildman–Crippen LogP) is 1.51. The van der Waals surface area contributed by atoms with Gasteiger partial charge in [-0.25, -0.2) is 12.7 Å². The summed E-state index contributed by atoms with van der Waals surface area (Å²) in [6.45, 7) is 5.46. The van der Waals surface area contributed by atoms with Crippen LogP contribution in [-0.4, -0.2) is 43.6 Å². The van der Waals surface area contributed by atoms with Gasteiger partial charge < -0.3 is 10.4 Å². The van der Waals surface area contributed by atoms with Crippen molar-refractivity contribution in [2.45, 2.75) is 37.3 Å². The van der Waals surface area contributed by atoms with Gasteiger partial charge >= 0.3 is 0 Å². The van der Waals surface area contributed by atoms with Crippen LogP contribution in [0.25, 0.3) is 0 Å². The maximum absolute atomic E-state index is 11.9. The van der Waals surface area contributed by atoms with Crippen molar-refractivity contribution < 1.29 is 13.5 Å². The van der Waals surface area contributed by atoms with E-state index in [2.05, 4.69) is 5.32 Å². The third kappa shape index (κ3) is 3.68. The van der Waals surface area contributed by atoms with E-state index in [1.54, 1.807) is 31.2 Å². The molecule has 0 aromatic heterocycles. The van der Waals surface area contributed by atoms with Gasteiger partial charge in [-0.05, 0) is 45.0 Å². The molecule has 6 heteroatoms. The van der Waals surface area contributed by atoms with Gasteiger partial charge in [-0.3, -0.25) is 0 Å². The van der Waals surface area contributed by atoms with Gasteiger partial charge in [0, 0.05) is 19.8 Å². The van der Waals surface area contributed by atoms with Crippen LogP contribution in [0, 0.1) is 0 Å². The van der Waals surface area contributed by atoms with Crippen LogP contribution in [0.1, 0.15) is 20.8 Å². The third-order valence-corrected chi connectivity index (χ3v) is 4.97. The number of nitrogens with zero attached hydrogens (tertiary/aromatic N) is 1. The molecule has 0 spiro atoms. The minimum absolute atomic E-state index is 0.248. The first kappa shape index (κ1) is 15.9. The molecular formula is C13H22N2O3S. The van der Waals surface area contributed by atoms with E-state index in [1.165, 1.54) is 18.4 Å². The van der Waals surface area contributed by atoms with E-state index in [1.807, 2.05) is 13.8 Å². The lowest BCUT2D eigenvalue weighted by Gasteiger charge is -2.30. The van der Waals surface area contributed by atoms with Gasteiger partial charge in [-0.2, -0.15) is 0 Å². The Morgan fingerprint density at radius 1 is 1.21 bits per heavy atom. The number of nitrogens with one attached hydrogen (secondary N) is 1. The van der Waals surface area contributed by atoms with Gasteiger partial charge in [0.2, 0.25) is 10.0 Å². The van der Waals surface area contributed by atoms with Crippen molar-refractivity contribution in [2.24, 2.45) is 0 Å². The summed E-state index contributed by atoms with van der Waals surface area (Å²) in [5.41, 5.74) is 0.283. The van der Waals surface area contributed by atoms with E-state index in [-0.39, 0.29) is 4.90 Å². The van der Waals surface area contributed by atoms with Crippen LogP contribution < -0.4 is 5.32 Å². The molecule has 2 N–H and O–H groups in total. The highest BCUT2D eigenvalue weighted by Crippen LogP contribution is 2.21. The Morgan fingerprint density at radius 2 is 1.68 bits per heavy atom. The number of rotatable bonds is 5. The zero-order valence-electron chi connectivity index (χ0n) is 12.0. The molecule has 1 unspecified atom stereocenters. The Kier molecular flexibility index (Phi) is 4.60. The fraction of sp³-hybridized carbons (Fsp3) is 0.538. The Bertz CT molecular complexity index is 519. The van der Waals surface area contributed by atoms with Crippen molar-refractivity contribution in [3.8, 4) is 0 Å². The Labute approximate surface area is 115 Å². The normalized spacial score (nSPS) is 14.5. The SMILES string of the molecule is CC(O)C(C)(C)Nc1ccc(S(=O)(=O)N(C)C)cc1. The predicted molar refractivity (Wildman–Crippen MR) is 76.7 cm³/mol. The molecule has 1 atom stereocenters. The summed E-state index contributed by atoms with van der Waals surface area (Å²) in [5, 5.41) is 12.8. The summed E-state index contributed by atoms with van der Waals surface area (Å²) >= 11 is 0.